The van der Waals surface area contributed by atoms with Gasteiger partial charge in [-0.3, -0.25) is 4.79 Å². The summed E-state index contributed by atoms with van der Waals surface area (Å²) in [7, 11) is 0. The van der Waals surface area contributed by atoms with Gasteiger partial charge in [0.1, 0.15) is 6.54 Å². The molecule has 2 aromatic rings. The Hall–Kier alpha value is -2.28. The molecule has 4 bridgehead atoms. The van der Waals surface area contributed by atoms with Crippen LogP contribution >= 0.6 is 0 Å². The number of amides is 1. The van der Waals surface area contributed by atoms with Gasteiger partial charge in [-0.15, -0.1) is 0 Å². The summed E-state index contributed by atoms with van der Waals surface area (Å²) in [5.41, 5.74) is 1.69. The standard InChI is InChI=1S/C21H23N3O/c22-5-6-24-13-18(17-3-1-2-4-19(17)24)20(25)23-21-10-14-7-15(11-21)9-16(8-14)12-21/h1-4,13-16H,6-12H2,(H,23,25). The first kappa shape index (κ1) is 15.0. The van der Waals surface area contributed by atoms with Crippen LogP contribution in [0, 0.1) is 29.1 Å². The number of hydrogen-bond donors (Lipinski definition) is 1. The van der Waals surface area contributed by atoms with Crippen molar-refractivity contribution in [3.8, 4) is 6.07 Å². The highest BCUT2D eigenvalue weighted by molar-refractivity contribution is 6.07. The van der Waals surface area contributed by atoms with Crippen LogP contribution in [0.4, 0.5) is 0 Å². The second-order valence-corrected chi connectivity index (χ2v) is 8.50. The average molecular weight is 333 g/mol. The fraction of sp³-hybridized carbons (Fsp3) is 0.524. The highest BCUT2D eigenvalue weighted by Crippen LogP contribution is 2.55. The smallest absolute Gasteiger partial charge is 0.253 e. The fourth-order valence-corrected chi connectivity index (χ4v) is 6.21. The van der Waals surface area contributed by atoms with Crippen LogP contribution in [-0.4, -0.2) is 16.0 Å². The number of rotatable bonds is 3. The SMILES string of the molecule is N#CCn1cc(C(=O)NC23CC4CC(CC(C4)C2)C3)c2ccccc21. The van der Waals surface area contributed by atoms with Crippen LogP contribution in [0.2, 0.25) is 0 Å². The first-order valence-electron chi connectivity index (χ1n) is 9.43. The van der Waals surface area contributed by atoms with E-state index in [2.05, 4.69) is 11.4 Å². The van der Waals surface area contributed by atoms with Gasteiger partial charge in [-0.1, -0.05) is 18.2 Å². The van der Waals surface area contributed by atoms with E-state index in [0.717, 1.165) is 47.9 Å². The van der Waals surface area contributed by atoms with E-state index in [9.17, 15) is 4.79 Å². The van der Waals surface area contributed by atoms with Gasteiger partial charge in [-0.2, -0.15) is 5.26 Å². The molecule has 0 spiro atoms. The number of carbonyl (C=O) groups is 1. The Morgan fingerprint density at radius 2 is 1.80 bits per heavy atom. The van der Waals surface area contributed by atoms with Crippen molar-refractivity contribution in [1.82, 2.24) is 9.88 Å². The highest BCUT2D eigenvalue weighted by atomic mass is 16.1. The zero-order valence-corrected chi connectivity index (χ0v) is 14.4. The van der Waals surface area contributed by atoms with Crippen LogP contribution in [0.5, 0.6) is 0 Å². The molecule has 1 aromatic heterocycles. The molecule has 25 heavy (non-hydrogen) atoms. The number of benzene rings is 1. The summed E-state index contributed by atoms with van der Waals surface area (Å²) in [6.45, 7) is 0.269. The molecule has 128 valence electrons. The Balaban J connectivity index is 1.47. The van der Waals surface area contributed by atoms with Crippen LogP contribution in [-0.2, 0) is 6.54 Å². The Labute approximate surface area is 147 Å². The maximum absolute atomic E-state index is 13.2. The minimum Gasteiger partial charge on any atom is -0.347 e. The van der Waals surface area contributed by atoms with Gasteiger partial charge in [0.25, 0.3) is 5.91 Å². The van der Waals surface area contributed by atoms with Gasteiger partial charge in [0.2, 0.25) is 0 Å². The van der Waals surface area contributed by atoms with E-state index in [4.69, 9.17) is 5.26 Å². The molecule has 4 heteroatoms. The highest BCUT2D eigenvalue weighted by Gasteiger charge is 2.51. The van der Waals surface area contributed by atoms with Crippen molar-refractivity contribution in [3.05, 3.63) is 36.0 Å². The van der Waals surface area contributed by atoms with E-state index in [1.54, 1.807) is 0 Å². The summed E-state index contributed by atoms with van der Waals surface area (Å²) >= 11 is 0. The van der Waals surface area contributed by atoms with E-state index in [0.29, 0.717) is 5.56 Å². The van der Waals surface area contributed by atoms with Gasteiger partial charge in [0.15, 0.2) is 0 Å². The third kappa shape index (κ3) is 2.37. The molecular weight excluding hydrogens is 310 g/mol. The summed E-state index contributed by atoms with van der Waals surface area (Å²) in [6, 6.07) is 10.1. The van der Waals surface area contributed by atoms with Crippen molar-refractivity contribution < 1.29 is 4.79 Å². The van der Waals surface area contributed by atoms with E-state index in [1.165, 1.54) is 19.3 Å². The Bertz CT molecular complexity index is 853. The number of para-hydroxylation sites is 1. The molecule has 4 aliphatic rings. The molecule has 1 amide bonds. The molecule has 4 saturated carbocycles. The summed E-state index contributed by atoms with van der Waals surface area (Å²) in [6.07, 6.45) is 9.43. The monoisotopic (exact) mass is 333 g/mol. The molecule has 1 heterocycles. The van der Waals surface area contributed by atoms with E-state index in [1.807, 2.05) is 35.0 Å². The number of carbonyl (C=O) groups excluding carboxylic acids is 1. The number of nitriles is 1. The Kier molecular flexibility index (Phi) is 3.22. The first-order chi connectivity index (χ1) is 12.2. The number of hydrogen-bond acceptors (Lipinski definition) is 2. The Morgan fingerprint density at radius 3 is 2.44 bits per heavy atom. The van der Waals surface area contributed by atoms with E-state index >= 15 is 0 Å². The number of nitrogens with zero attached hydrogens (tertiary/aromatic N) is 2. The summed E-state index contributed by atoms with van der Waals surface area (Å²) < 4.78 is 1.88. The minimum atomic E-state index is 0.0181. The largest absolute Gasteiger partial charge is 0.347 e. The lowest BCUT2D eigenvalue weighted by molar-refractivity contribution is -0.0166. The van der Waals surface area contributed by atoms with Gasteiger partial charge in [-0.25, -0.2) is 0 Å². The normalized spacial score (nSPS) is 32.7. The maximum atomic E-state index is 13.2. The van der Waals surface area contributed by atoms with Crippen molar-refractivity contribution >= 4 is 16.8 Å². The van der Waals surface area contributed by atoms with Gasteiger partial charge in [0, 0.05) is 22.6 Å². The molecule has 0 saturated heterocycles. The zero-order valence-electron chi connectivity index (χ0n) is 14.4. The van der Waals surface area contributed by atoms with Crippen LogP contribution in [0.25, 0.3) is 10.9 Å². The maximum Gasteiger partial charge on any atom is 0.253 e. The lowest BCUT2D eigenvalue weighted by Crippen LogP contribution is -2.59. The van der Waals surface area contributed by atoms with Crippen molar-refractivity contribution in [2.75, 3.05) is 0 Å². The zero-order chi connectivity index (χ0) is 17.0. The quantitative estimate of drug-likeness (QED) is 0.927. The van der Waals surface area contributed by atoms with Gasteiger partial charge < -0.3 is 9.88 Å². The van der Waals surface area contributed by atoms with Gasteiger partial charge in [-0.05, 0) is 62.3 Å². The number of nitrogens with one attached hydrogen (secondary N) is 1. The molecule has 4 aliphatic carbocycles. The van der Waals surface area contributed by atoms with E-state index < -0.39 is 0 Å². The third-order valence-corrected chi connectivity index (χ3v) is 6.69. The molecular formula is C21H23N3O. The van der Waals surface area contributed by atoms with Crippen molar-refractivity contribution in [3.63, 3.8) is 0 Å². The second-order valence-electron chi connectivity index (χ2n) is 8.50. The molecule has 1 aromatic carbocycles. The van der Waals surface area contributed by atoms with Crippen LogP contribution < -0.4 is 5.32 Å². The lowest BCUT2D eigenvalue weighted by atomic mass is 9.53. The molecule has 6 rings (SSSR count). The summed E-state index contributed by atoms with van der Waals surface area (Å²) in [4.78, 5) is 13.2. The second kappa shape index (κ2) is 5.36. The summed E-state index contributed by atoms with van der Waals surface area (Å²) in [5, 5.41) is 13.5. The van der Waals surface area contributed by atoms with Gasteiger partial charge in [0.05, 0.1) is 11.6 Å². The van der Waals surface area contributed by atoms with Crippen LogP contribution in [0.15, 0.2) is 30.5 Å². The van der Waals surface area contributed by atoms with Crippen molar-refractivity contribution in [1.29, 1.82) is 5.26 Å². The molecule has 0 aliphatic heterocycles. The number of fused-ring (bicyclic) bond motifs is 1. The predicted molar refractivity (Wildman–Crippen MR) is 95.9 cm³/mol. The molecule has 4 fully saturated rings. The molecule has 0 unspecified atom stereocenters. The number of aromatic nitrogens is 1. The molecule has 4 nitrogen and oxygen atoms in total. The minimum absolute atomic E-state index is 0.0181. The predicted octanol–water partition coefficient (Wildman–Crippen LogP) is 3.86. The Morgan fingerprint density at radius 1 is 1.16 bits per heavy atom. The van der Waals surface area contributed by atoms with Crippen molar-refractivity contribution in [2.45, 2.75) is 50.6 Å². The van der Waals surface area contributed by atoms with Crippen LogP contribution in [0.1, 0.15) is 48.9 Å². The van der Waals surface area contributed by atoms with Crippen molar-refractivity contribution in [2.24, 2.45) is 17.8 Å². The lowest BCUT2D eigenvalue weighted by Gasteiger charge is -2.56. The first-order valence-corrected chi connectivity index (χ1v) is 9.43. The van der Waals surface area contributed by atoms with E-state index in [-0.39, 0.29) is 18.0 Å². The van der Waals surface area contributed by atoms with Gasteiger partial charge >= 0.3 is 0 Å². The molecule has 0 radical (unpaired) electrons. The average Bonchev–Trinajstić information content (AvgIpc) is 2.93. The fourth-order valence-electron chi connectivity index (χ4n) is 6.21. The molecule has 1 N–H and O–H groups in total. The third-order valence-electron chi connectivity index (χ3n) is 6.69. The summed E-state index contributed by atoms with van der Waals surface area (Å²) in [5.74, 6) is 2.47. The van der Waals surface area contributed by atoms with Crippen LogP contribution in [0.3, 0.4) is 0 Å². The molecule has 0 atom stereocenters. The topological polar surface area (TPSA) is 57.8 Å².